The van der Waals surface area contributed by atoms with Crippen LogP contribution in [0.3, 0.4) is 0 Å². The van der Waals surface area contributed by atoms with Crippen LogP contribution in [0.5, 0.6) is 5.75 Å². The number of rotatable bonds is 9. The van der Waals surface area contributed by atoms with Crippen LogP contribution in [0.25, 0.3) is 0 Å². The number of nitrogens with two attached hydrogens (primary N) is 1. The van der Waals surface area contributed by atoms with E-state index in [-0.39, 0.29) is 30.0 Å². The van der Waals surface area contributed by atoms with Crippen molar-refractivity contribution in [2.75, 3.05) is 45.3 Å². The average molecular weight is 643 g/mol. The smallest absolute Gasteiger partial charge is 0.318 e. The monoisotopic (exact) mass is 642 g/mol. The second kappa shape index (κ2) is 15.4. The zero-order chi connectivity index (χ0) is 32.5. The number of phenolic OH excluding ortho intramolecular Hbond substituents is 1. The first-order chi connectivity index (χ1) is 22.3. The number of hydrogen-bond donors (Lipinski definition) is 6. The maximum absolute atomic E-state index is 13.9. The minimum atomic E-state index is -0.830. The molecule has 0 aromatic heterocycles. The fourth-order valence-electron chi connectivity index (χ4n) is 4.97. The van der Waals surface area contributed by atoms with Gasteiger partial charge >= 0.3 is 6.03 Å². The molecule has 2 atom stereocenters. The van der Waals surface area contributed by atoms with Crippen molar-refractivity contribution in [2.45, 2.75) is 18.6 Å². The molecule has 2 aliphatic rings. The lowest BCUT2D eigenvalue weighted by Gasteiger charge is -2.39. The zero-order valence-electron chi connectivity index (χ0n) is 25.4. The number of carbonyl (C=O) groups is 2. The zero-order valence-corrected chi connectivity index (χ0v) is 26.2. The van der Waals surface area contributed by atoms with Gasteiger partial charge in [0, 0.05) is 41.5 Å². The van der Waals surface area contributed by atoms with Crippen molar-refractivity contribution in [3.8, 4) is 17.6 Å². The number of carbonyl (C=O) groups excluding carboxylic acids is 2. The number of aromatic hydroxyl groups is 1. The number of benzene rings is 3. The molecule has 0 unspecified atom stereocenters. The van der Waals surface area contributed by atoms with Crippen molar-refractivity contribution in [3.05, 3.63) is 106 Å². The van der Waals surface area contributed by atoms with Crippen molar-refractivity contribution in [1.29, 1.82) is 5.41 Å². The first-order valence-corrected chi connectivity index (χ1v) is 15.4. The molecule has 5 rings (SSSR count). The van der Waals surface area contributed by atoms with Crippen molar-refractivity contribution in [1.82, 2.24) is 20.5 Å². The Kier molecular flexibility index (Phi) is 10.9. The molecule has 2 fully saturated rings. The van der Waals surface area contributed by atoms with Crippen LogP contribution in [0.4, 0.5) is 10.5 Å². The van der Waals surface area contributed by atoms with Gasteiger partial charge < -0.3 is 35.7 Å². The maximum atomic E-state index is 13.9. The number of allylic oxidation sites excluding steroid dienone is 1. The van der Waals surface area contributed by atoms with Crippen molar-refractivity contribution < 1.29 is 24.7 Å². The van der Waals surface area contributed by atoms with Gasteiger partial charge in [0.25, 0.3) is 5.91 Å². The molecule has 0 aliphatic carbocycles. The summed E-state index contributed by atoms with van der Waals surface area (Å²) in [6.45, 7) is 2.39. The summed E-state index contributed by atoms with van der Waals surface area (Å²) >= 11 is 6.08. The Morgan fingerprint density at radius 3 is 2.57 bits per heavy atom. The van der Waals surface area contributed by atoms with Crippen LogP contribution in [0.2, 0.25) is 5.02 Å². The Hall–Kier alpha value is -4.86. The van der Waals surface area contributed by atoms with Crippen molar-refractivity contribution >= 4 is 34.9 Å². The van der Waals surface area contributed by atoms with Gasteiger partial charge in [-0.25, -0.2) is 10.2 Å². The van der Waals surface area contributed by atoms with E-state index >= 15 is 0 Å². The third-order valence-electron chi connectivity index (χ3n) is 7.64. The Labute approximate surface area is 273 Å². The molecule has 0 saturated carbocycles. The highest BCUT2D eigenvalue weighted by molar-refractivity contribution is 6.31. The lowest BCUT2D eigenvalue weighted by Crippen LogP contribution is -2.73. The molecule has 3 amide bonds. The number of phenols is 1. The number of hydrazine groups is 1. The third-order valence-corrected chi connectivity index (χ3v) is 7.88. The Morgan fingerprint density at radius 2 is 1.87 bits per heavy atom. The van der Waals surface area contributed by atoms with E-state index in [2.05, 4.69) is 28.0 Å². The summed E-state index contributed by atoms with van der Waals surface area (Å²) < 4.78 is 5.68. The van der Waals surface area contributed by atoms with E-state index in [1.807, 2.05) is 61.6 Å². The van der Waals surface area contributed by atoms with E-state index in [1.54, 1.807) is 27.4 Å². The summed E-state index contributed by atoms with van der Waals surface area (Å²) in [6, 6.07) is 20.1. The molecular formula is C34H37ClN7O4+. The molecule has 11 nitrogen and oxygen atoms in total. The molecule has 46 heavy (non-hydrogen) atoms. The molecule has 2 heterocycles. The molecule has 3 aromatic rings. The largest absolute Gasteiger partial charge is 0.507 e. The second-order valence-corrected chi connectivity index (χ2v) is 11.2. The minimum Gasteiger partial charge on any atom is -0.507 e. The molecule has 12 heteroatoms. The summed E-state index contributed by atoms with van der Waals surface area (Å²) in [6.07, 6.45) is 2.19. The highest BCUT2D eigenvalue weighted by Crippen LogP contribution is 2.24. The molecule has 3 aromatic carbocycles. The Morgan fingerprint density at radius 1 is 1.11 bits per heavy atom. The normalized spacial score (nSPS) is 16.8. The standard InChI is InChI=1S/C34H36ClN7O4/c1-37-21-25(31(36)28-20-26(35)12-15-29(28)43)11-8-23-9-13-27(14-10-23)39-40-30-22-46-19-18-42(30)33(44)32(24-6-3-2-4-7-24)38-34(45)41-16-5-17-41/h2-4,6-7,9-10,12-15,20-21,30,32,36-37,39-40,43H,5,16-19,22H2,1H3,(H,38,45)/p+1/b25-21-,36-31?/t30-,32+/m0/s1. The highest BCUT2D eigenvalue weighted by atomic mass is 35.5. The highest BCUT2D eigenvalue weighted by Gasteiger charge is 2.35. The van der Waals surface area contributed by atoms with Crippen LogP contribution in [0.15, 0.2) is 84.6 Å². The first kappa shape index (κ1) is 32.5. The number of halogens is 1. The number of nitrogens with one attached hydrogen (secondary N) is 4. The van der Waals surface area contributed by atoms with E-state index < -0.39 is 12.2 Å². The van der Waals surface area contributed by atoms with Gasteiger partial charge in [-0.2, -0.15) is 0 Å². The number of amides is 3. The average Bonchev–Trinajstić information content (AvgIpc) is 3.05. The lowest BCUT2D eigenvalue weighted by atomic mass is 10.0. The first-order valence-electron chi connectivity index (χ1n) is 15.0. The number of quaternary nitrogens is 1. The van der Waals surface area contributed by atoms with Gasteiger partial charge in [-0.1, -0.05) is 53.8 Å². The predicted octanol–water partition coefficient (Wildman–Crippen LogP) is 2.80. The van der Waals surface area contributed by atoms with Crippen LogP contribution in [0, 0.1) is 17.3 Å². The van der Waals surface area contributed by atoms with Gasteiger partial charge in [-0.3, -0.25) is 10.2 Å². The Balaban J connectivity index is 1.24. The second-order valence-electron chi connectivity index (χ2n) is 10.8. The van der Waals surface area contributed by atoms with Gasteiger partial charge in [0.05, 0.1) is 26.0 Å². The van der Waals surface area contributed by atoms with Crippen LogP contribution in [0.1, 0.15) is 29.2 Å². The molecule has 2 saturated heterocycles. The van der Waals surface area contributed by atoms with Crippen molar-refractivity contribution in [3.63, 3.8) is 0 Å². The number of morpholine rings is 1. The molecule has 0 spiro atoms. The number of ether oxygens (including phenoxy) is 1. The molecule has 7 N–H and O–H groups in total. The van der Waals surface area contributed by atoms with Gasteiger partial charge in [0.15, 0.2) is 0 Å². The topological polar surface area (TPSA) is 147 Å². The maximum Gasteiger partial charge on any atom is 0.318 e. The summed E-state index contributed by atoms with van der Waals surface area (Å²) in [5.74, 6) is 5.83. The summed E-state index contributed by atoms with van der Waals surface area (Å²) in [7, 11) is 1.83. The van der Waals surface area contributed by atoms with Crippen LogP contribution in [-0.4, -0.2) is 78.6 Å². The summed E-state index contributed by atoms with van der Waals surface area (Å²) in [4.78, 5) is 30.1. The number of nitrogens with zero attached hydrogens (tertiary/aromatic N) is 2. The van der Waals surface area contributed by atoms with Crippen LogP contribution < -0.4 is 21.5 Å². The van der Waals surface area contributed by atoms with Crippen LogP contribution in [-0.2, 0) is 9.53 Å². The van der Waals surface area contributed by atoms with Gasteiger partial charge in [-0.15, -0.1) is 0 Å². The fourth-order valence-corrected chi connectivity index (χ4v) is 5.14. The SMILES string of the molecule is C[NH2+]/C=C(/C#Cc1ccc(NN[C@@H]2COCCN2C(=O)[C@H](NC(=O)N2CCC2)c2ccccc2)cc1)C(=N)c1cc(Cl)ccc1O. The van der Waals surface area contributed by atoms with E-state index in [1.165, 1.54) is 12.1 Å². The number of likely N-dealkylation sites (tertiary alicyclic amines) is 1. The predicted molar refractivity (Wildman–Crippen MR) is 176 cm³/mol. The fraction of sp³-hybridized carbons (Fsp3) is 0.265. The van der Waals surface area contributed by atoms with Gasteiger partial charge in [0.2, 0.25) is 0 Å². The van der Waals surface area contributed by atoms with Gasteiger partial charge in [-0.05, 0) is 54.4 Å². The number of hydrogen-bond acceptors (Lipinski definition) is 7. The number of urea groups is 1. The third kappa shape index (κ3) is 8.04. The summed E-state index contributed by atoms with van der Waals surface area (Å²) in [5, 5.41) is 23.9. The summed E-state index contributed by atoms with van der Waals surface area (Å²) in [5.41, 5.74) is 9.33. The van der Waals surface area contributed by atoms with Gasteiger partial charge in [0.1, 0.15) is 29.7 Å². The van der Waals surface area contributed by atoms with E-state index in [0.717, 1.165) is 17.7 Å². The molecule has 0 bridgehead atoms. The number of anilines is 1. The van der Waals surface area contributed by atoms with E-state index in [0.29, 0.717) is 48.0 Å². The lowest BCUT2D eigenvalue weighted by molar-refractivity contribution is -0.556. The molecular weight excluding hydrogens is 606 g/mol. The molecule has 0 radical (unpaired) electrons. The molecule has 2 aliphatic heterocycles. The minimum absolute atomic E-state index is 0.0447. The quantitative estimate of drug-likeness (QED) is 0.120. The Bertz CT molecular complexity index is 1650. The van der Waals surface area contributed by atoms with E-state index in [4.69, 9.17) is 21.7 Å². The molecule has 238 valence electrons. The van der Waals surface area contributed by atoms with E-state index in [9.17, 15) is 14.7 Å². The van der Waals surface area contributed by atoms with Crippen molar-refractivity contribution in [2.24, 2.45) is 0 Å². The van der Waals surface area contributed by atoms with Crippen LogP contribution >= 0.6 is 11.6 Å².